The van der Waals surface area contributed by atoms with Crippen LogP contribution in [0.5, 0.6) is 0 Å². The van der Waals surface area contributed by atoms with E-state index in [1.54, 1.807) is 4.68 Å². The molecule has 19 heavy (non-hydrogen) atoms. The molecule has 5 heteroatoms. The fourth-order valence-corrected chi connectivity index (χ4v) is 2.78. The van der Waals surface area contributed by atoms with Crippen molar-refractivity contribution < 1.29 is 4.79 Å². The van der Waals surface area contributed by atoms with Crippen LogP contribution in [0.4, 0.5) is 5.69 Å². The minimum absolute atomic E-state index is 0.0318. The molecule has 0 spiro atoms. The zero-order valence-corrected chi connectivity index (χ0v) is 12.1. The molecule has 2 atom stereocenters. The third-order valence-electron chi connectivity index (χ3n) is 4.19. The zero-order valence-electron chi connectivity index (χ0n) is 12.1. The van der Waals surface area contributed by atoms with Crippen LogP contribution in [0, 0.1) is 19.8 Å². The van der Waals surface area contributed by atoms with Gasteiger partial charge in [-0.1, -0.05) is 19.8 Å². The highest BCUT2D eigenvalue weighted by atomic mass is 16.2. The fourth-order valence-electron chi connectivity index (χ4n) is 2.78. The number of rotatable bonds is 3. The van der Waals surface area contributed by atoms with Crippen molar-refractivity contribution in [2.24, 2.45) is 5.92 Å². The zero-order chi connectivity index (χ0) is 14.0. The Morgan fingerprint density at radius 3 is 2.68 bits per heavy atom. The van der Waals surface area contributed by atoms with E-state index in [1.807, 2.05) is 13.8 Å². The van der Waals surface area contributed by atoms with Gasteiger partial charge in [-0.2, -0.15) is 5.10 Å². The monoisotopic (exact) mass is 264 g/mol. The number of nitrogens with one attached hydrogen (secondary N) is 1. The van der Waals surface area contributed by atoms with Crippen LogP contribution in [0.1, 0.15) is 44.0 Å². The van der Waals surface area contributed by atoms with E-state index in [2.05, 4.69) is 17.3 Å². The van der Waals surface area contributed by atoms with Crippen molar-refractivity contribution in [3.05, 3.63) is 11.4 Å². The molecule has 1 aliphatic rings. The van der Waals surface area contributed by atoms with Gasteiger partial charge in [0.1, 0.15) is 6.54 Å². The molecule has 1 saturated carbocycles. The predicted octanol–water partition coefficient (Wildman–Crippen LogP) is 1.78. The van der Waals surface area contributed by atoms with Gasteiger partial charge in [-0.15, -0.1) is 0 Å². The first-order valence-electron chi connectivity index (χ1n) is 7.08. The average molecular weight is 264 g/mol. The molecule has 0 bridgehead atoms. The topological polar surface area (TPSA) is 72.9 Å². The van der Waals surface area contributed by atoms with Crippen molar-refractivity contribution >= 4 is 11.6 Å². The van der Waals surface area contributed by atoms with E-state index in [1.165, 1.54) is 19.3 Å². The van der Waals surface area contributed by atoms with E-state index in [4.69, 9.17) is 5.73 Å². The number of carbonyl (C=O) groups is 1. The highest BCUT2D eigenvalue weighted by Gasteiger charge is 2.23. The Balaban J connectivity index is 1.95. The lowest BCUT2D eigenvalue weighted by Crippen LogP contribution is -2.42. The minimum Gasteiger partial charge on any atom is -0.396 e. The summed E-state index contributed by atoms with van der Waals surface area (Å²) in [5, 5.41) is 7.43. The Hall–Kier alpha value is -1.52. The van der Waals surface area contributed by atoms with Crippen LogP contribution in [0.3, 0.4) is 0 Å². The highest BCUT2D eigenvalue weighted by molar-refractivity contribution is 5.76. The molecule has 5 nitrogen and oxygen atoms in total. The van der Waals surface area contributed by atoms with E-state index in [0.29, 0.717) is 17.6 Å². The SMILES string of the molecule is Cc1nn(CC(=O)NC2CCCCC2C)c(C)c1N. The molecule has 2 unspecified atom stereocenters. The lowest BCUT2D eigenvalue weighted by molar-refractivity contribution is -0.123. The molecule has 106 valence electrons. The van der Waals surface area contributed by atoms with Crippen LogP contribution >= 0.6 is 0 Å². The van der Waals surface area contributed by atoms with E-state index in [0.717, 1.165) is 17.8 Å². The molecule has 0 radical (unpaired) electrons. The van der Waals surface area contributed by atoms with E-state index in [-0.39, 0.29) is 12.5 Å². The van der Waals surface area contributed by atoms with Crippen molar-refractivity contribution in [1.82, 2.24) is 15.1 Å². The van der Waals surface area contributed by atoms with Crippen molar-refractivity contribution in [3.63, 3.8) is 0 Å². The van der Waals surface area contributed by atoms with Gasteiger partial charge in [0.2, 0.25) is 5.91 Å². The first-order chi connectivity index (χ1) is 8.99. The Labute approximate surface area is 114 Å². The van der Waals surface area contributed by atoms with E-state index < -0.39 is 0 Å². The molecule has 0 saturated heterocycles. The number of carbonyl (C=O) groups excluding carboxylic acids is 1. The molecule has 1 heterocycles. The molecule has 1 fully saturated rings. The predicted molar refractivity (Wildman–Crippen MR) is 75.7 cm³/mol. The summed E-state index contributed by atoms with van der Waals surface area (Å²) in [5.41, 5.74) is 8.20. The lowest BCUT2D eigenvalue weighted by atomic mass is 9.86. The largest absolute Gasteiger partial charge is 0.396 e. The maximum absolute atomic E-state index is 12.1. The molecule has 0 aliphatic heterocycles. The van der Waals surface area contributed by atoms with Crippen LogP contribution in [-0.2, 0) is 11.3 Å². The summed E-state index contributed by atoms with van der Waals surface area (Å²) in [6, 6.07) is 0.315. The number of anilines is 1. The lowest BCUT2D eigenvalue weighted by Gasteiger charge is -2.29. The van der Waals surface area contributed by atoms with Crippen molar-refractivity contribution in [2.45, 2.75) is 59.0 Å². The molecule has 1 amide bonds. The number of nitrogens with two attached hydrogens (primary N) is 1. The average Bonchev–Trinajstić information content (AvgIpc) is 2.60. The Morgan fingerprint density at radius 2 is 2.11 bits per heavy atom. The maximum atomic E-state index is 12.1. The number of hydrogen-bond acceptors (Lipinski definition) is 3. The third-order valence-corrected chi connectivity index (χ3v) is 4.19. The molecule has 0 aromatic carbocycles. The second kappa shape index (κ2) is 5.63. The molecular formula is C14H24N4O. The molecule has 1 aromatic rings. The molecule has 3 N–H and O–H groups in total. The summed E-state index contributed by atoms with van der Waals surface area (Å²) in [4.78, 5) is 12.1. The minimum atomic E-state index is 0.0318. The van der Waals surface area contributed by atoms with E-state index >= 15 is 0 Å². The fraction of sp³-hybridized carbons (Fsp3) is 0.714. The quantitative estimate of drug-likeness (QED) is 0.874. The first-order valence-corrected chi connectivity index (χ1v) is 7.08. The number of aryl methyl sites for hydroxylation is 1. The smallest absolute Gasteiger partial charge is 0.241 e. The summed E-state index contributed by atoms with van der Waals surface area (Å²) in [6.07, 6.45) is 4.79. The van der Waals surface area contributed by atoms with Crippen LogP contribution in [0.25, 0.3) is 0 Å². The van der Waals surface area contributed by atoms with E-state index in [9.17, 15) is 4.79 Å². The van der Waals surface area contributed by atoms with Gasteiger partial charge in [-0.3, -0.25) is 9.48 Å². The normalized spacial score (nSPS) is 23.3. The van der Waals surface area contributed by atoms with Crippen LogP contribution in [0.15, 0.2) is 0 Å². The van der Waals surface area contributed by atoms with Gasteiger partial charge < -0.3 is 11.1 Å². The molecule has 2 rings (SSSR count). The number of nitrogen functional groups attached to an aromatic ring is 1. The number of hydrogen-bond donors (Lipinski definition) is 2. The van der Waals surface area contributed by atoms with Crippen LogP contribution in [-0.4, -0.2) is 21.7 Å². The molecule has 1 aromatic heterocycles. The van der Waals surface area contributed by atoms with Crippen molar-refractivity contribution in [3.8, 4) is 0 Å². The summed E-state index contributed by atoms with van der Waals surface area (Å²) in [5.74, 6) is 0.604. The Bertz CT molecular complexity index is 466. The molecular weight excluding hydrogens is 240 g/mol. The van der Waals surface area contributed by atoms with Gasteiger partial charge in [0.05, 0.1) is 17.1 Å². The maximum Gasteiger partial charge on any atom is 0.241 e. The van der Waals surface area contributed by atoms with Crippen molar-refractivity contribution in [2.75, 3.05) is 5.73 Å². The van der Waals surface area contributed by atoms with Crippen LogP contribution in [0.2, 0.25) is 0 Å². The number of aromatic nitrogens is 2. The molecule has 1 aliphatic carbocycles. The van der Waals surface area contributed by atoms with Gasteiger partial charge in [-0.25, -0.2) is 0 Å². The summed E-state index contributed by atoms with van der Waals surface area (Å²) >= 11 is 0. The summed E-state index contributed by atoms with van der Waals surface area (Å²) < 4.78 is 1.69. The van der Waals surface area contributed by atoms with Gasteiger partial charge in [0, 0.05) is 6.04 Å². The van der Waals surface area contributed by atoms with Gasteiger partial charge in [-0.05, 0) is 32.6 Å². The highest BCUT2D eigenvalue weighted by Crippen LogP contribution is 2.23. The standard InChI is InChI=1S/C14H24N4O/c1-9-6-4-5-7-12(9)16-13(19)8-18-11(3)14(15)10(2)17-18/h9,12H,4-8,15H2,1-3H3,(H,16,19). The first kappa shape index (κ1) is 13.9. The summed E-state index contributed by atoms with van der Waals surface area (Å²) in [7, 11) is 0. The second-order valence-corrected chi connectivity index (χ2v) is 5.68. The number of amides is 1. The number of nitrogens with zero attached hydrogens (tertiary/aromatic N) is 2. The van der Waals surface area contributed by atoms with Gasteiger partial charge in [0.15, 0.2) is 0 Å². The van der Waals surface area contributed by atoms with Crippen LogP contribution < -0.4 is 11.1 Å². The second-order valence-electron chi connectivity index (χ2n) is 5.68. The van der Waals surface area contributed by atoms with Gasteiger partial charge >= 0.3 is 0 Å². The Morgan fingerprint density at radius 1 is 1.42 bits per heavy atom. The summed E-state index contributed by atoms with van der Waals surface area (Å²) in [6.45, 7) is 6.23. The third kappa shape index (κ3) is 3.08. The van der Waals surface area contributed by atoms with Gasteiger partial charge in [0.25, 0.3) is 0 Å². The van der Waals surface area contributed by atoms with Crippen molar-refractivity contribution in [1.29, 1.82) is 0 Å². The Kier molecular flexibility index (Phi) is 4.12.